The molecule has 2 aromatic carbocycles. The van der Waals surface area contributed by atoms with Crippen LogP contribution >= 0.6 is 11.6 Å². The lowest BCUT2D eigenvalue weighted by Crippen LogP contribution is -2.03. The fourth-order valence-electron chi connectivity index (χ4n) is 1.95. The van der Waals surface area contributed by atoms with Gasteiger partial charge in [0.05, 0.1) is 14.2 Å². The predicted molar refractivity (Wildman–Crippen MR) is 75.0 cm³/mol. The summed E-state index contributed by atoms with van der Waals surface area (Å²) in [5, 5.41) is 10.2. The first-order valence-electron chi connectivity index (χ1n) is 6.02. The van der Waals surface area contributed by atoms with Gasteiger partial charge in [0.2, 0.25) is 0 Å². The van der Waals surface area contributed by atoms with E-state index in [9.17, 15) is 13.9 Å². The first-order valence-corrected chi connectivity index (χ1v) is 6.40. The zero-order valence-corrected chi connectivity index (χ0v) is 12.1. The van der Waals surface area contributed by atoms with Crippen molar-refractivity contribution < 1.29 is 23.4 Å². The molecule has 0 heterocycles. The molecule has 1 atom stereocenters. The number of rotatable bonds is 4. The molecule has 6 heteroatoms. The first-order chi connectivity index (χ1) is 9.97. The number of hydrogen-bond acceptors (Lipinski definition) is 3. The van der Waals surface area contributed by atoms with Crippen molar-refractivity contribution in [3.05, 3.63) is 58.1 Å². The first kappa shape index (κ1) is 15.5. The van der Waals surface area contributed by atoms with Gasteiger partial charge in [-0.3, -0.25) is 0 Å². The molecule has 0 aliphatic heterocycles. The smallest absolute Gasteiger partial charge is 0.161 e. The highest BCUT2D eigenvalue weighted by molar-refractivity contribution is 6.31. The van der Waals surface area contributed by atoms with E-state index in [2.05, 4.69) is 0 Å². The molecule has 2 rings (SSSR count). The molecule has 0 aliphatic carbocycles. The molecule has 0 fully saturated rings. The minimum Gasteiger partial charge on any atom is -0.493 e. The van der Waals surface area contributed by atoms with Crippen LogP contribution in [0.2, 0.25) is 5.02 Å². The van der Waals surface area contributed by atoms with Gasteiger partial charge in [0.25, 0.3) is 0 Å². The third-order valence-electron chi connectivity index (χ3n) is 3.06. The van der Waals surface area contributed by atoms with Gasteiger partial charge in [-0.25, -0.2) is 8.78 Å². The average molecular weight is 315 g/mol. The Balaban J connectivity index is 2.45. The number of ether oxygens (including phenoxy) is 2. The standard InChI is InChI=1S/C15H13ClF2O3/c1-20-13-4-3-8(5-14(13)21-2)15(19)9-6-11(17)12(18)7-10(9)16/h3-7,15,19H,1-2H3. The Labute approximate surface area is 125 Å². The third-order valence-corrected chi connectivity index (χ3v) is 3.38. The van der Waals surface area contributed by atoms with Gasteiger partial charge in [-0.05, 0) is 29.8 Å². The molecule has 2 aromatic rings. The fraction of sp³-hybridized carbons (Fsp3) is 0.200. The molecule has 0 saturated heterocycles. The minimum absolute atomic E-state index is 0.0591. The van der Waals surface area contributed by atoms with Gasteiger partial charge in [-0.15, -0.1) is 0 Å². The van der Waals surface area contributed by atoms with Crippen LogP contribution in [0.3, 0.4) is 0 Å². The van der Waals surface area contributed by atoms with E-state index in [-0.39, 0.29) is 10.6 Å². The van der Waals surface area contributed by atoms with E-state index in [1.54, 1.807) is 18.2 Å². The molecule has 0 amide bonds. The van der Waals surface area contributed by atoms with E-state index in [1.807, 2.05) is 0 Å². The Morgan fingerprint density at radius 2 is 1.62 bits per heavy atom. The number of benzene rings is 2. The van der Waals surface area contributed by atoms with E-state index < -0.39 is 17.7 Å². The van der Waals surface area contributed by atoms with Gasteiger partial charge in [0.15, 0.2) is 23.1 Å². The van der Waals surface area contributed by atoms with E-state index in [4.69, 9.17) is 21.1 Å². The highest BCUT2D eigenvalue weighted by atomic mass is 35.5. The van der Waals surface area contributed by atoms with Gasteiger partial charge in [-0.1, -0.05) is 17.7 Å². The molecule has 0 bridgehead atoms. The number of aliphatic hydroxyl groups excluding tert-OH is 1. The molecule has 0 saturated carbocycles. The quantitative estimate of drug-likeness (QED) is 0.874. The molecular formula is C15H13ClF2O3. The van der Waals surface area contributed by atoms with E-state index >= 15 is 0 Å². The topological polar surface area (TPSA) is 38.7 Å². The Hall–Kier alpha value is -1.85. The van der Waals surface area contributed by atoms with Crippen molar-refractivity contribution in [2.45, 2.75) is 6.10 Å². The van der Waals surface area contributed by atoms with Gasteiger partial charge in [0.1, 0.15) is 6.10 Å². The number of methoxy groups -OCH3 is 2. The van der Waals surface area contributed by atoms with Crippen LogP contribution in [0.25, 0.3) is 0 Å². The summed E-state index contributed by atoms with van der Waals surface area (Å²) >= 11 is 5.86. The average Bonchev–Trinajstić information content (AvgIpc) is 2.49. The van der Waals surface area contributed by atoms with Gasteiger partial charge >= 0.3 is 0 Å². The van der Waals surface area contributed by atoms with E-state index in [1.165, 1.54) is 14.2 Å². The summed E-state index contributed by atoms with van der Waals surface area (Å²) in [7, 11) is 2.94. The van der Waals surface area contributed by atoms with E-state index in [0.29, 0.717) is 17.1 Å². The van der Waals surface area contributed by atoms with Crippen molar-refractivity contribution in [2.24, 2.45) is 0 Å². The van der Waals surface area contributed by atoms with Crippen LogP contribution in [0.15, 0.2) is 30.3 Å². The van der Waals surface area contributed by atoms with Crippen molar-refractivity contribution in [3.63, 3.8) is 0 Å². The van der Waals surface area contributed by atoms with E-state index in [0.717, 1.165) is 12.1 Å². The molecular weight excluding hydrogens is 302 g/mol. The molecule has 0 radical (unpaired) electrons. The maximum absolute atomic E-state index is 13.3. The Morgan fingerprint density at radius 3 is 2.24 bits per heavy atom. The van der Waals surface area contributed by atoms with Crippen LogP contribution in [-0.4, -0.2) is 19.3 Å². The highest BCUT2D eigenvalue weighted by Crippen LogP contribution is 2.34. The lowest BCUT2D eigenvalue weighted by molar-refractivity contribution is 0.219. The van der Waals surface area contributed by atoms with Crippen molar-refractivity contribution >= 4 is 11.6 Å². The normalized spacial score (nSPS) is 12.1. The molecule has 21 heavy (non-hydrogen) atoms. The summed E-state index contributed by atoms with van der Waals surface area (Å²) in [5.74, 6) is -1.24. The molecule has 0 spiro atoms. The SMILES string of the molecule is COc1ccc(C(O)c2cc(F)c(F)cc2Cl)cc1OC. The second-order valence-electron chi connectivity index (χ2n) is 4.30. The number of aliphatic hydroxyl groups is 1. The largest absolute Gasteiger partial charge is 0.493 e. The molecule has 0 aliphatic rings. The molecule has 1 N–H and O–H groups in total. The predicted octanol–water partition coefficient (Wildman–Crippen LogP) is 3.72. The summed E-state index contributed by atoms with van der Waals surface area (Å²) in [4.78, 5) is 0. The van der Waals surface area contributed by atoms with Crippen molar-refractivity contribution in [1.29, 1.82) is 0 Å². The highest BCUT2D eigenvalue weighted by Gasteiger charge is 2.19. The molecule has 1 unspecified atom stereocenters. The summed E-state index contributed by atoms with van der Waals surface area (Å²) in [5.41, 5.74) is 0.489. The number of hydrogen-bond donors (Lipinski definition) is 1. The number of halogens is 3. The summed E-state index contributed by atoms with van der Waals surface area (Å²) < 4.78 is 36.6. The van der Waals surface area contributed by atoms with Crippen LogP contribution in [0, 0.1) is 11.6 Å². The second kappa shape index (κ2) is 6.28. The Bertz CT molecular complexity index is 662. The maximum Gasteiger partial charge on any atom is 0.161 e. The van der Waals surface area contributed by atoms with Crippen molar-refractivity contribution in [1.82, 2.24) is 0 Å². The van der Waals surface area contributed by atoms with Crippen molar-refractivity contribution in [3.8, 4) is 11.5 Å². The van der Waals surface area contributed by atoms with Crippen LogP contribution in [0.4, 0.5) is 8.78 Å². The summed E-state index contributed by atoms with van der Waals surface area (Å²) in [6, 6.07) is 6.44. The van der Waals surface area contributed by atoms with Crippen molar-refractivity contribution in [2.75, 3.05) is 14.2 Å². The third kappa shape index (κ3) is 3.09. The van der Waals surface area contributed by atoms with Crippen LogP contribution in [-0.2, 0) is 0 Å². The molecule has 112 valence electrons. The van der Waals surface area contributed by atoms with Crippen LogP contribution in [0.1, 0.15) is 17.2 Å². The lowest BCUT2D eigenvalue weighted by Gasteiger charge is -2.16. The summed E-state index contributed by atoms with van der Waals surface area (Å²) in [6.07, 6.45) is -1.22. The Morgan fingerprint density at radius 1 is 1.00 bits per heavy atom. The Kier molecular flexibility index (Phi) is 4.65. The zero-order valence-electron chi connectivity index (χ0n) is 11.4. The minimum atomic E-state index is -1.22. The monoisotopic (exact) mass is 314 g/mol. The maximum atomic E-state index is 13.3. The molecule has 0 aromatic heterocycles. The summed E-state index contributed by atoms with van der Waals surface area (Å²) in [6.45, 7) is 0. The second-order valence-corrected chi connectivity index (χ2v) is 4.71. The van der Waals surface area contributed by atoms with Gasteiger partial charge in [0, 0.05) is 10.6 Å². The van der Waals surface area contributed by atoms with Gasteiger partial charge < -0.3 is 14.6 Å². The fourth-order valence-corrected chi connectivity index (χ4v) is 2.20. The molecule has 3 nitrogen and oxygen atoms in total. The van der Waals surface area contributed by atoms with Crippen LogP contribution in [0.5, 0.6) is 11.5 Å². The van der Waals surface area contributed by atoms with Gasteiger partial charge in [-0.2, -0.15) is 0 Å². The van der Waals surface area contributed by atoms with Crippen LogP contribution < -0.4 is 9.47 Å². The zero-order chi connectivity index (χ0) is 15.6. The lowest BCUT2D eigenvalue weighted by atomic mass is 10.0.